The first-order chi connectivity index (χ1) is 7.49. The molecule has 94 valence electrons. The largest absolute Gasteiger partial charge is 0.313 e. The zero-order chi connectivity index (χ0) is 11.6. The summed E-state index contributed by atoms with van der Waals surface area (Å²) in [6, 6.07) is 0.607. The molecule has 1 unspecified atom stereocenters. The Balaban J connectivity index is 1.76. The molecule has 2 fully saturated rings. The van der Waals surface area contributed by atoms with Gasteiger partial charge in [0, 0.05) is 24.6 Å². The van der Waals surface area contributed by atoms with Crippen LogP contribution in [0, 0.1) is 5.41 Å². The van der Waals surface area contributed by atoms with Crippen LogP contribution in [-0.4, -0.2) is 44.5 Å². The van der Waals surface area contributed by atoms with Crippen LogP contribution >= 0.6 is 11.8 Å². The third-order valence-corrected chi connectivity index (χ3v) is 5.80. The van der Waals surface area contributed by atoms with Crippen molar-refractivity contribution in [2.75, 3.05) is 30.1 Å². The van der Waals surface area contributed by atoms with Crippen molar-refractivity contribution in [1.82, 2.24) is 5.32 Å². The molecule has 1 saturated carbocycles. The predicted octanol–water partition coefficient (Wildman–Crippen LogP) is 1.30. The Hall–Kier alpha value is 0.260. The minimum absolute atomic E-state index is 0.0791. The van der Waals surface area contributed by atoms with E-state index >= 15 is 0 Å². The summed E-state index contributed by atoms with van der Waals surface area (Å²) in [5, 5.41) is 3.56. The van der Waals surface area contributed by atoms with Gasteiger partial charge in [0.1, 0.15) is 9.84 Å². The number of rotatable bonds is 5. The van der Waals surface area contributed by atoms with E-state index in [4.69, 9.17) is 0 Å². The average Bonchev–Trinajstić information content (AvgIpc) is 2.95. The zero-order valence-corrected chi connectivity index (χ0v) is 11.5. The van der Waals surface area contributed by atoms with E-state index in [0.717, 1.165) is 19.4 Å². The van der Waals surface area contributed by atoms with Gasteiger partial charge in [-0.05, 0) is 36.9 Å². The lowest BCUT2D eigenvalue weighted by molar-refractivity contribution is 0.431. The Kier molecular flexibility index (Phi) is 3.86. The van der Waals surface area contributed by atoms with Crippen LogP contribution in [0.3, 0.4) is 0 Å². The highest BCUT2D eigenvalue weighted by atomic mass is 32.2. The van der Waals surface area contributed by atoms with Gasteiger partial charge in [-0.3, -0.25) is 0 Å². The van der Waals surface area contributed by atoms with Gasteiger partial charge in [-0.1, -0.05) is 0 Å². The van der Waals surface area contributed by atoms with E-state index in [1.54, 1.807) is 0 Å². The molecule has 1 aliphatic heterocycles. The highest BCUT2D eigenvalue weighted by Crippen LogP contribution is 2.46. The van der Waals surface area contributed by atoms with E-state index in [2.05, 4.69) is 5.32 Å². The van der Waals surface area contributed by atoms with Crippen molar-refractivity contribution < 1.29 is 8.42 Å². The quantitative estimate of drug-likeness (QED) is 0.812. The maximum atomic E-state index is 11.3. The molecule has 2 aliphatic rings. The highest BCUT2D eigenvalue weighted by Gasteiger charge is 2.45. The van der Waals surface area contributed by atoms with Crippen molar-refractivity contribution in [3.8, 4) is 0 Å². The Morgan fingerprint density at radius 3 is 2.69 bits per heavy atom. The summed E-state index contributed by atoms with van der Waals surface area (Å²) in [5.74, 6) is 2.84. The number of thioether (sulfide) groups is 1. The molecule has 3 nitrogen and oxygen atoms in total. The molecule has 0 spiro atoms. The SMILES string of the molecule is CS(=O)(=O)CC1(CNC2CCCSC2)CC1. The molecule has 5 heteroatoms. The van der Waals surface area contributed by atoms with Crippen LogP contribution in [-0.2, 0) is 9.84 Å². The molecule has 0 radical (unpaired) electrons. The van der Waals surface area contributed by atoms with Crippen molar-refractivity contribution in [2.24, 2.45) is 5.41 Å². The van der Waals surface area contributed by atoms with Crippen molar-refractivity contribution >= 4 is 21.6 Å². The molecule has 0 aromatic rings. The molecule has 1 heterocycles. The molecule has 1 aliphatic carbocycles. The molecular formula is C11H21NO2S2. The van der Waals surface area contributed by atoms with Crippen LogP contribution in [0.25, 0.3) is 0 Å². The maximum Gasteiger partial charge on any atom is 0.148 e. The smallest absolute Gasteiger partial charge is 0.148 e. The number of nitrogens with one attached hydrogen (secondary N) is 1. The number of hydrogen-bond donors (Lipinski definition) is 1. The molecule has 0 aromatic heterocycles. The normalized spacial score (nSPS) is 28.9. The first-order valence-corrected chi connectivity index (χ1v) is 9.20. The molecular weight excluding hydrogens is 242 g/mol. The zero-order valence-electron chi connectivity index (χ0n) is 9.87. The van der Waals surface area contributed by atoms with Crippen LogP contribution in [0.15, 0.2) is 0 Å². The fraction of sp³-hybridized carbons (Fsp3) is 1.00. The summed E-state index contributed by atoms with van der Waals surface area (Å²) in [5.41, 5.74) is 0.0791. The van der Waals surface area contributed by atoms with Gasteiger partial charge in [-0.2, -0.15) is 11.8 Å². The molecule has 0 amide bonds. The van der Waals surface area contributed by atoms with E-state index in [0.29, 0.717) is 11.8 Å². The Morgan fingerprint density at radius 1 is 1.44 bits per heavy atom. The van der Waals surface area contributed by atoms with Gasteiger partial charge in [0.15, 0.2) is 0 Å². The summed E-state index contributed by atoms with van der Waals surface area (Å²) in [6.45, 7) is 0.894. The lowest BCUT2D eigenvalue weighted by atomic mass is 10.1. The van der Waals surface area contributed by atoms with E-state index in [-0.39, 0.29) is 5.41 Å². The van der Waals surface area contributed by atoms with Gasteiger partial charge in [0.25, 0.3) is 0 Å². The van der Waals surface area contributed by atoms with Gasteiger partial charge in [0.05, 0.1) is 5.75 Å². The fourth-order valence-corrected chi connectivity index (χ4v) is 4.98. The molecule has 1 saturated heterocycles. The number of sulfone groups is 1. The highest BCUT2D eigenvalue weighted by molar-refractivity contribution is 7.99. The summed E-state index contributed by atoms with van der Waals surface area (Å²) in [6.07, 6.45) is 6.05. The molecule has 0 bridgehead atoms. The Labute approximate surface area is 103 Å². The van der Waals surface area contributed by atoms with Crippen LogP contribution in [0.2, 0.25) is 0 Å². The predicted molar refractivity (Wildman–Crippen MR) is 69.7 cm³/mol. The molecule has 1 N–H and O–H groups in total. The molecule has 2 rings (SSSR count). The summed E-state index contributed by atoms with van der Waals surface area (Å²) in [4.78, 5) is 0. The van der Waals surface area contributed by atoms with Gasteiger partial charge in [0.2, 0.25) is 0 Å². The molecule has 16 heavy (non-hydrogen) atoms. The van der Waals surface area contributed by atoms with Gasteiger partial charge in [-0.15, -0.1) is 0 Å². The van der Waals surface area contributed by atoms with Crippen LogP contribution in [0.1, 0.15) is 25.7 Å². The minimum Gasteiger partial charge on any atom is -0.313 e. The van der Waals surface area contributed by atoms with Crippen LogP contribution in [0.4, 0.5) is 0 Å². The van der Waals surface area contributed by atoms with Crippen molar-refractivity contribution in [1.29, 1.82) is 0 Å². The van der Waals surface area contributed by atoms with Gasteiger partial charge in [-0.25, -0.2) is 8.42 Å². The first-order valence-electron chi connectivity index (χ1n) is 5.98. The topological polar surface area (TPSA) is 46.2 Å². The minimum atomic E-state index is -2.82. The fourth-order valence-electron chi connectivity index (χ4n) is 2.37. The second-order valence-electron chi connectivity index (χ2n) is 5.37. The standard InChI is InChI=1S/C11H21NO2S2/c1-16(13,14)9-11(4-5-11)8-12-10-3-2-6-15-7-10/h10,12H,2-9H2,1H3. The van der Waals surface area contributed by atoms with E-state index in [9.17, 15) is 8.42 Å². The lowest BCUT2D eigenvalue weighted by Crippen LogP contribution is -2.39. The summed E-state index contributed by atoms with van der Waals surface area (Å²) < 4.78 is 22.6. The van der Waals surface area contributed by atoms with E-state index in [1.165, 1.54) is 30.6 Å². The van der Waals surface area contributed by atoms with Crippen LogP contribution < -0.4 is 5.32 Å². The summed E-state index contributed by atoms with van der Waals surface area (Å²) >= 11 is 2.01. The first kappa shape index (κ1) is 12.7. The van der Waals surface area contributed by atoms with E-state index < -0.39 is 9.84 Å². The Morgan fingerprint density at radius 2 is 2.19 bits per heavy atom. The van der Waals surface area contributed by atoms with Crippen LogP contribution in [0.5, 0.6) is 0 Å². The second-order valence-corrected chi connectivity index (χ2v) is 8.66. The van der Waals surface area contributed by atoms with Crippen molar-refractivity contribution in [2.45, 2.75) is 31.7 Å². The third kappa shape index (κ3) is 3.93. The second kappa shape index (κ2) is 4.86. The van der Waals surface area contributed by atoms with E-state index in [1.807, 2.05) is 11.8 Å². The monoisotopic (exact) mass is 263 g/mol. The molecule has 0 aromatic carbocycles. The summed E-state index contributed by atoms with van der Waals surface area (Å²) in [7, 11) is -2.82. The Bertz CT molecular complexity index is 330. The maximum absolute atomic E-state index is 11.3. The molecule has 1 atom stereocenters. The number of hydrogen-bond acceptors (Lipinski definition) is 4. The third-order valence-electron chi connectivity index (χ3n) is 3.45. The van der Waals surface area contributed by atoms with Crippen molar-refractivity contribution in [3.63, 3.8) is 0 Å². The van der Waals surface area contributed by atoms with Gasteiger partial charge >= 0.3 is 0 Å². The lowest BCUT2D eigenvalue weighted by Gasteiger charge is -2.25. The van der Waals surface area contributed by atoms with Crippen molar-refractivity contribution in [3.05, 3.63) is 0 Å². The van der Waals surface area contributed by atoms with Gasteiger partial charge < -0.3 is 5.32 Å². The average molecular weight is 263 g/mol.